The van der Waals surface area contributed by atoms with Gasteiger partial charge in [0.1, 0.15) is 0 Å². The first kappa shape index (κ1) is 29.8. The molecule has 6 rings (SSSR count). The predicted molar refractivity (Wildman–Crippen MR) is 162 cm³/mol. The Kier molecular flexibility index (Phi) is 8.95. The number of anilines is 1. The molecule has 2 N–H and O–H groups in total. The number of methoxy groups -OCH3 is 1. The summed E-state index contributed by atoms with van der Waals surface area (Å²) in [6, 6.07) is 13.7. The molecule has 1 spiro atoms. The molecular weight excluding hydrogens is 540 g/mol. The molecule has 1 aliphatic carbocycles. The van der Waals surface area contributed by atoms with E-state index in [1.165, 1.54) is 11.1 Å². The third-order valence-electron chi connectivity index (χ3n) is 9.88. The third kappa shape index (κ3) is 5.85. The Morgan fingerprint density at radius 3 is 2.49 bits per heavy atom. The quantitative estimate of drug-likeness (QED) is 0.542. The van der Waals surface area contributed by atoms with Crippen molar-refractivity contribution in [2.24, 2.45) is 5.41 Å². The molecule has 0 unspecified atom stereocenters. The van der Waals surface area contributed by atoms with E-state index < -0.39 is 6.10 Å². The maximum Gasteiger partial charge on any atom is 0.256 e. The molecule has 0 radical (unpaired) electrons. The van der Waals surface area contributed by atoms with Gasteiger partial charge >= 0.3 is 0 Å². The second kappa shape index (κ2) is 12.3. The van der Waals surface area contributed by atoms with Crippen molar-refractivity contribution < 1.29 is 19.4 Å². The molecule has 8 nitrogen and oxygen atoms in total. The van der Waals surface area contributed by atoms with E-state index in [1.807, 2.05) is 29.2 Å². The number of hydrogen-bond acceptors (Lipinski definition) is 6. The number of amides is 2. The predicted octanol–water partition coefficient (Wildman–Crippen LogP) is 3.50. The molecule has 222 valence electrons. The summed E-state index contributed by atoms with van der Waals surface area (Å²) in [6.07, 6.45) is 4.71. The summed E-state index contributed by atoms with van der Waals surface area (Å²) in [6.45, 7) is 6.54. The lowest BCUT2D eigenvalue weighted by Crippen LogP contribution is -2.50. The highest BCUT2D eigenvalue weighted by Crippen LogP contribution is 2.50. The van der Waals surface area contributed by atoms with Crippen LogP contribution in [0.2, 0.25) is 0 Å². The lowest BCUT2D eigenvalue weighted by molar-refractivity contribution is -0.0841. The molecule has 1 saturated carbocycles. The lowest BCUT2D eigenvalue weighted by Gasteiger charge is -2.51. The van der Waals surface area contributed by atoms with Crippen molar-refractivity contribution in [3.63, 3.8) is 0 Å². The van der Waals surface area contributed by atoms with Crippen molar-refractivity contribution in [3.8, 4) is 0 Å². The molecule has 9 heteroatoms. The van der Waals surface area contributed by atoms with Crippen LogP contribution in [0.15, 0.2) is 42.5 Å². The zero-order valence-corrected chi connectivity index (χ0v) is 25.0. The molecule has 3 heterocycles. The third-order valence-corrected chi connectivity index (χ3v) is 9.88. The Balaban J connectivity index is 0.00000337. The van der Waals surface area contributed by atoms with E-state index in [-0.39, 0.29) is 36.8 Å². The van der Waals surface area contributed by atoms with Crippen molar-refractivity contribution in [2.45, 2.75) is 63.8 Å². The fraction of sp³-hybridized carbons (Fsp3) is 0.562. The van der Waals surface area contributed by atoms with Crippen LogP contribution in [0.25, 0.3) is 0 Å². The average molecular weight is 583 g/mol. The van der Waals surface area contributed by atoms with Gasteiger partial charge in [-0.05, 0) is 73.8 Å². The second-order valence-electron chi connectivity index (χ2n) is 12.1. The van der Waals surface area contributed by atoms with Crippen LogP contribution in [0, 0.1) is 5.41 Å². The number of piperidine rings is 1. The van der Waals surface area contributed by atoms with Crippen LogP contribution >= 0.6 is 12.4 Å². The molecular formula is C32H43ClN4O4. The number of benzene rings is 2. The van der Waals surface area contributed by atoms with E-state index in [2.05, 4.69) is 29.3 Å². The highest BCUT2D eigenvalue weighted by molar-refractivity contribution is 6.03. The van der Waals surface area contributed by atoms with Gasteiger partial charge in [-0.1, -0.05) is 24.3 Å². The monoisotopic (exact) mass is 582 g/mol. The van der Waals surface area contributed by atoms with E-state index in [9.17, 15) is 14.7 Å². The number of aliphatic hydroxyl groups excluding tert-OH is 1. The Hall–Kier alpha value is -2.65. The minimum absolute atomic E-state index is 0. The van der Waals surface area contributed by atoms with Crippen LogP contribution in [0.4, 0.5) is 5.69 Å². The van der Waals surface area contributed by atoms with Crippen LogP contribution in [-0.4, -0.2) is 91.3 Å². The fourth-order valence-corrected chi connectivity index (χ4v) is 7.20. The highest BCUT2D eigenvalue weighted by Gasteiger charge is 2.46. The van der Waals surface area contributed by atoms with E-state index in [1.54, 1.807) is 18.1 Å². The fourth-order valence-electron chi connectivity index (χ4n) is 7.20. The number of carbonyl (C=O) groups is 2. The summed E-state index contributed by atoms with van der Waals surface area (Å²) in [5.41, 5.74) is 4.92. The van der Waals surface area contributed by atoms with Crippen LogP contribution in [0.5, 0.6) is 0 Å². The first-order valence-electron chi connectivity index (χ1n) is 14.9. The maximum absolute atomic E-state index is 13.7. The number of aliphatic hydroxyl groups is 1. The summed E-state index contributed by atoms with van der Waals surface area (Å²) >= 11 is 0. The molecule has 3 aliphatic heterocycles. The number of halogens is 1. The number of rotatable bonds is 6. The van der Waals surface area contributed by atoms with Gasteiger partial charge in [0.2, 0.25) is 0 Å². The van der Waals surface area contributed by atoms with Crippen LogP contribution in [-0.2, 0) is 17.7 Å². The number of carbonyl (C=O) groups excluding carboxylic acids is 2. The van der Waals surface area contributed by atoms with Gasteiger partial charge in [0, 0.05) is 64.5 Å². The van der Waals surface area contributed by atoms with Gasteiger partial charge in [0.15, 0.2) is 0 Å². The number of nitrogens with one attached hydrogen (secondary N) is 1. The minimum atomic E-state index is -0.674. The largest absolute Gasteiger partial charge is 0.390 e. The van der Waals surface area contributed by atoms with Crippen molar-refractivity contribution >= 4 is 29.9 Å². The van der Waals surface area contributed by atoms with E-state index in [0.717, 1.165) is 64.0 Å². The smallest absolute Gasteiger partial charge is 0.256 e. The van der Waals surface area contributed by atoms with Crippen molar-refractivity contribution in [1.29, 1.82) is 0 Å². The summed E-state index contributed by atoms with van der Waals surface area (Å²) in [4.78, 5) is 33.2. The Labute approximate surface area is 249 Å². The van der Waals surface area contributed by atoms with Crippen LogP contribution in [0.1, 0.15) is 64.4 Å². The number of likely N-dealkylation sites (tertiary alicyclic amines) is 1. The SMILES string of the molecule is CCN1CCN(C[C@@H](O)[C@@H]2Cc3ccccc3CN2)C(=O)c2ccc(C(=O)N3CCC4(CC3)CC(OC)C4)cc21.Cl. The normalized spacial score (nSPS) is 22.8. The summed E-state index contributed by atoms with van der Waals surface area (Å²) < 4.78 is 5.49. The molecule has 0 bridgehead atoms. The summed E-state index contributed by atoms with van der Waals surface area (Å²) in [5.74, 6) is -0.0400. The maximum atomic E-state index is 13.7. The first-order chi connectivity index (χ1) is 19.4. The standard InChI is InChI=1S/C32H42N4O4.ClH/c1-3-34-14-15-36(21-29(37)27-16-22-6-4-5-7-24(22)20-33-27)31(39)26-9-8-23(17-28(26)34)30(38)35-12-10-32(11-13-35)18-25(19-32)40-2;/h4-9,17,25,27,29,33,37H,3,10-16,18-21H2,1-2H3;1H/t27-,29+;/m0./s1. The second-order valence-corrected chi connectivity index (χ2v) is 12.1. The van der Waals surface area contributed by atoms with Crippen LogP contribution in [0.3, 0.4) is 0 Å². The Morgan fingerprint density at radius 2 is 1.78 bits per heavy atom. The summed E-state index contributed by atoms with van der Waals surface area (Å²) in [7, 11) is 1.79. The number of nitrogens with zero attached hydrogens (tertiary/aromatic N) is 3. The molecule has 4 aliphatic rings. The Bertz CT molecular complexity index is 1260. The van der Waals surface area contributed by atoms with Gasteiger partial charge in [-0.15, -0.1) is 12.4 Å². The number of β-amino-alcohol motifs (C(OH)–C–C–N with tert-alkyl or cyclic N) is 1. The van der Waals surface area contributed by atoms with Gasteiger partial charge in [0.25, 0.3) is 11.8 Å². The number of hydrogen-bond donors (Lipinski definition) is 2. The zero-order chi connectivity index (χ0) is 27.9. The number of ether oxygens (including phenoxy) is 1. The Morgan fingerprint density at radius 1 is 1.07 bits per heavy atom. The molecule has 41 heavy (non-hydrogen) atoms. The topological polar surface area (TPSA) is 85.3 Å². The van der Waals surface area contributed by atoms with Gasteiger partial charge in [-0.3, -0.25) is 9.59 Å². The molecule has 2 aromatic rings. The van der Waals surface area contributed by atoms with Crippen LogP contribution < -0.4 is 10.2 Å². The molecule has 2 atom stereocenters. The number of fused-ring (bicyclic) bond motifs is 2. The first-order valence-corrected chi connectivity index (χ1v) is 14.9. The lowest BCUT2D eigenvalue weighted by atomic mass is 9.61. The van der Waals surface area contributed by atoms with Crippen molar-refractivity contribution in [1.82, 2.24) is 15.1 Å². The highest BCUT2D eigenvalue weighted by atomic mass is 35.5. The van der Waals surface area contributed by atoms with Gasteiger partial charge < -0.3 is 29.9 Å². The molecule has 0 aromatic heterocycles. The average Bonchev–Trinajstić information content (AvgIpc) is 3.10. The molecule has 1 saturated heterocycles. The minimum Gasteiger partial charge on any atom is -0.390 e. The summed E-state index contributed by atoms with van der Waals surface area (Å²) in [5, 5.41) is 14.6. The van der Waals surface area contributed by atoms with E-state index in [0.29, 0.717) is 35.7 Å². The van der Waals surface area contributed by atoms with Crippen molar-refractivity contribution in [2.75, 3.05) is 51.3 Å². The van der Waals surface area contributed by atoms with E-state index in [4.69, 9.17) is 4.74 Å². The molecule has 2 amide bonds. The van der Waals surface area contributed by atoms with Gasteiger partial charge in [0.05, 0.1) is 23.5 Å². The number of likely N-dealkylation sites (N-methyl/N-ethyl adjacent to an activating group) is 1. The van der Waals surface area contributed by atoms with Crippen molar-refractivity contribution in [3.05, 3.63) is 64.7 Å². The zero-order valence-electron chi connectivity index (χ0n) is 24.2. The van der Waals surface area contributed by atoms with Gasteiger partial charge in [-0.25, -0.2) is 0 Å². The van der Waals surface area contributed by atoms with E-state index >= 15 is 0 Å². The molecule has 2 aromatic carbocycles. The molecule has 2 fully saturated rings. The van der Waals surface area contributed by atoms with Gasteiger partial charge in [-0.2, -0.15) is 0 Å².